The Morgan fingerprint density at radius 1 is 1.50 bits per heavy atom. The summed E-state index contributed by atoms with van der Waals surface area (Å²) in [5.41, 5.74) is 0. The molecule has 0 amide bonds. The summed E-state index contributed by atoms with van der Waals surface area (Å²) >= 11 is 0. The predicted molar refractivity (Wildman–Crippen MR) is 51.3 cm³/mol. The smallest absolute Gasteiger partial charge is 0.243 e. The summed E-state index contributed by atoms with van der Waals surface area (Å²) in [5, 5.41) is 14.8. The molecular formula is C7H16N4O3. The summed E-state index contributed by atoms with van der Waals surface area (Å²) in [6, 6.07) is 0. The first-order valence-electron chi connectivity index (χ1n) is 3.88. The van der Waals surface area contributed by atoms with Crippen LogP contribution in [0.1, 0.15) is 13.3 Å². The normalized spacial score (nSPS) is 8.14. The topological polar surface area (TPSA) is 110 Å². The van der Waals surface area contributed by atoms with Crippen LogP contribution in [0.5, 0.6) is 0 Å². The van der Waals surface area contributed by atoms with Crippen molar-refractivity contribution in [3.05, 3.63) is 34.0 Å². The number of nitrogens with zero attached hydrogens (tertiary/aromatic N) is 3. The van der Waals surface area contributed by atoms with E-state index in [9.17, 15) is 0 Å². The Balaban J connectivity index is 0. The number of hydrogen-bond donors (Lipinski definition) is 1. The fourth-order valence-corrected chi connectivity index (χ4v) is 0.892. The summed E-state index contributed by atoms with van der Waals surface area (Å²) in [4.78, 5) is 8.25. The fraction of sp³-hybridized carbons (Fsp3) is 0.571. The van der Waals surface area contributed by atoms with Gasteiger partial charge in [-0.3, -0.25) is 0 Å². The van der Waals surface area contributed by atoms with Crippen molar-refractivity contribution in [2.24, 2.45) is 7.05 Å². The van der Waals surface area contributed by atoms with Crippen LogP contribution >= 0.6 is 0 Å². The van der Waals surface area contributed by atoms with Crippen molar-refractivity contribution in [2.45, 2.75) is 19.9 Å². The summed E-state index contributed by atoms with van der Waals surface area (Å²) < 4.78 is 4.23. The molecule has 0 fully saturated rings. The second-order valence-corrected chi connectivity index (χ2v) is 2.54. The SMILES string of the molecule is CCCn1cc[n+](C)c1.N.O=[N+]([O-])[O-]. The zero-order valence-electron chi connectivity index (χ0n) is 8.42. The van der Waals surface area contributed by atoms with E-state index in [1.165, 1.54) is 6.42 Å². The number of rotatable bonds is 2. The van der Waals surface area contributed by atoms with Crippen LogP contribution < -0.4 is 10.7 Å². The van der Waals surface area contributed by atoms with E-state index in [1.807, 2.05) is 7.05 Å². The summed E-state index contributed by atoms with van der Waals surface area (Å²) in [6.45, 7) is 3.31. The number of aromatic nitrogens is 2. The van der Waals surface area contributed by atoms with E-state index < -0.39 is 5.09 Å². The molecular weight excluding hydrogens is 188 g/mol. The molecule has 0 aromatic carbocycles. The predicted octanol–water partition coefficient (Wildman–Crippen LogP) is 0.646. The number of imidazole rings is 1. The van der Waals surface area contributed by atoms with E-state index in [1.54, 1.807) is 0 Å². The number of hydrogen-bond acceptors (Lipinski definition) is 4. The van der Waals surface area contributed by atoms with Crippen molar-refractivity contribution in [2.75, 3.05) is 0 Å². The van der Waals surface area contributed by atoms with E-state index in [0.29, 0.717) is 0 Å². The minimum absolute atomic E-state index is 0. The van der Waals surface area contributed by atoms with Crippen LogP contribution in [0.3, 0.4) is 0 Å². The molecule has 7 heteroatoms. The van der Waals surface area contributed by atoms with Crippen LogP contribution in [-0.4, -0.2) is 9.65 Å². The molecule has 0 aliphatic rings. The summed E-state index contributed by atoms with van der Waals surface area (Å²) in [7, 11) is 2.03. The molecule has 0 saturated carbocycles. The molecule has 14 heavy (non-hydrogen) atoms. The largest absolute Gasteiger partial charge is 0.356 e. The molecule has 0 unspecified atom stereocenters. The van der Waals surface area contributed by atoms with Gasteiger partial charge in [0.1, 0.15) is 12.4 Å². The molecule has 1 rings (SSSR count). The average Bonchev–Trinajstić information content (AvgIpc) is 2.35. The molecule has 0 bridgehead atoms. The van der Waals surface area contributed by atoms with Gasteiger partial charge in [0, 0.05) is 0 Å². The highest BCUT2D eigenvalue weighted by Crippen LogP contribution is 1.85. The van der Waals surface area contributed by atoms with E-state index in [4.69, 9.17) is 15.3 Å². The lowest BCUT2D eigenvalue weighted by atomic mass is 10.5. The van der Waals surface area contributed by atoms with Gasteiger partial charge in [-0.1, -0.05) is 6.92 Å². The monoisotopic (exact) mass is 204 g/mol. The molecule has 0 atom stereocenters. The first kappa shape index (κ1) is 14.9. The molecule has 0 radical (unpaired) electrons. The fourth-order valence-electron chi connectivity index (χ4n) is 0.892. The van der Waals surface area contributed by atoms with Gasteiger partial charge >= 0.3 is 0 Å². The molecule has 1 aromatic heterocycles. The maximum atomic E-state index is 8.25. The van der Waals surface area contributed by atoms with Crippen LogP contribution in [0.25, 0.3) is 0 Å². The molecule has 0 saturated heterocycles. The molecule has 82 valence electrons. The standard InChI is InChI=1S/C7H13N2.NO3.H3N/c1-3-4-9-6-5-8(2)7-9;2-1(3)4;/h5-7H,3-4H2,1-2H3;;1H3/q+1;-1;. The molecule has 0 spiro atoms. The Kier molecular flexibility index (Phi) is 8.49. The van der Waals surface area contributed by atoms with Crippen molar-refractivity contribution in [1.82, 2.24) is 10.7 Å². The van der Waals surface area contributed by atoms with Crippen molar-refractivity contribution in [3.8, 4) is 0 Å². The van der Waals surface area contributed by atoms with E-state index in [0.717, 1.165) is 6.54 Å². The highest BCUT2D eigenvalue weighted by Gasteiger charge is 1.94. The van der Waals surface area contributed by atoms with Gasteiger partial charge in [0.25, 0.3) is 0 Å². The van der Waals surface area contributed by atoms with Gasteiger partial charge in [0.15, 0.2) is 0 Å². The third-order valence-electron chi connectivity index (χ3n) is 1.31. The maximum Gasteiger partial charge on any atom is 0.243 e. The minimum atomic E-state index is -1.75. The van der Waals surface area contributed by atoms with E-state index in [-0.39, 0.29) is 6.15 Å². The zero-order valence-corrected chi connectivity index (χ0v) is 8.42. The Bertz CT molecular complexity index is 257. The van der Waals surface area contributed by atoms with Crippen molar-refractivity contribution in [3.63, 3.8) is 0 Å². The van der Waals surface area contributed by atoms with Gasteiger partial charge in [-0.25, -0.2) is 9.13 Å². The second kappa shape index (κ2) is 7.99. The van der Waals surface area contributed by atoms with E-state index >= 15 is 0 Å². The highest BCUT2D eigenvalue weighted by atomic mass is 16.9. The van der Waals surface area contributed by atoms with Crippen LogP contribution in [0, 0.1) is 15.3 Å². The van der Waals surface area contributed by atoms with Gasteiger partial charge < -0.3 is 21.5 Å². The zero-order chi connectivity index (χ0) is 10.3. The van der Waals surface area contributed by atoms with E-state index in [2.05, 4.69) is 34.8 Å². The Labute approximate surface area is 82.3 Å². The van der Waals surface area contributed by atoms with Crippen LogP contribution in [0.2, 0.25) is 0 Å². The molecule has 1 heterocycles. The quantitative estimate of drug-likeness (QED) is 0.433. The third kappa shape index (κ3) is 8.47. The number of aryl methyl sites for hydroxylation is 2. The van der Waals surface area contributed by atoms with Crippen LogP contribution in [-0.2, 0) is 13.6 Å². The second-order valence-electron chi connectivity index (χ2n) is 2.54. The highest BCUT2D eigenvalue weighted by molar-refractivity contribution is 4.64. The van der Waals surface area contributed by atoms with Gasteiger partial charge in [-0.15, -0.1) is 0 Å². The Hall–Kier alpha value is -1.63. The molecule has 7 nitrogen and oxygen atoms in total. The van der Waals surface area contributed by atoms with Crippen LogP contribution in [0.4, 0.5) is 0 Å². The van der Waals surface area contributed by atoms with Gasteiger partial charge in [-0.05, 0) is 6.42 Å². The maximum absolute atomic E-state index is 8.25. The lowest BCUT2D eigenvalue weighted by Gasteiger charge is -1.86. The Morgan fingerprint density at radius 3 is 2.29 bits per heavy atom. The molecule has 0 aliphatic heterocycles. The minimum Gasteiger partial charge on any atom is -0.356 e. The van der Waals surface area contributed by atoms with Crippen molar-refractivity contribution >= 4 is 0 Å². The van der Waals surface area contributed by atoms with Crippen molar-refractivity contribution < 1.29 is 9.65 Å². The Morgan fingerprint density at radius 2 is 2.00 bits per heavy atom. The first-order chi connectivity index (χ1) is 6.06. The molecule has 0 aliphatic carbocycles. The summed E-state index contributed by atoms with van der Waals surface area (Å²) in [5.74, 6) is 0. The van der Waals surface area contributed by atoms with Gasteiger partial charge in [-0.2, -0.15) is 0 Å². The summed E-state index contributed by atoms with van der Waals surface area (Å²) in [6.07, 6.45) is 7.43. The van der Waals surface area contributed by atoms with Gasteiger partial charge in [0.05, 0.1) is 18.7 Å². The molecule has 1 aromatic rings. The lowest BCUT2D eigenvalue weighted by Crippen LogP contribution is -2.23. The third-order valence-corrected chi connectivity index (χ3v) is 1.31. The first-order valence-corrected chi connectivity index (χ1v) is 3.88. The lowest BCUT2D eigenvalue weighted by molar-refractivity contribution is -0.671. The van der Waals surface area contributed by atoms with Crippen LogP contribution in [0.15, 0.2) is 18.7 Å². The average molecular weight is 204 g/mol. The molecule has 3 N–H and O–H groups in total. The van der Waals surface area contributed by atoms with Gasteiger partial charge in [0.2, 0.25) is 6.33 Å². The van der Waals surface area contributed by atoms with Crippen molar-refractivity contribution in [1.29, 1.82) is 0 Å².